The average Bonchev–Trinajstić information content (AvgIpc) is 2.16. The smallest absolute Gasteiger partial charge is 0.136 e. The molecule has 0 saturated carbocycles. The molecule has 4 nitrogen and oxygen atoms in total. The average molecular weight is 345 g/mol. The van der Waals surface area contributed by atoms with Crippen molar-refractivity contribution in [2.24, 2.45) is 0 Å². The van der Waals surface area contributed by atoms with Crippen LogP contribution >= 0.6 is 12.4 Å². The first-order valence-corrected chi connectivity index (χ1v) is 8.33. The van der Waals surface area contributed by atoms with Gasteiger partial charge >= 0.3 is 0 Å². The zero-order valence-electron chi connectivity index (χ0n) is 15.9. The highest BCUT2D eigenvalue weighted by molar-refractivity contribution is 5.85. The Hall–Kier alpha value is -0.450. The molecule has 0 aromatic rings. The van der Waals surface area contributed by atoms with Gasteiger partial charge in [0.25, 0.3) is 0 Å². The molecule has 2 aliphatic rings. The summed E-state index contributed by atoms with van der Waals surface area (Å²) < 4.78 is 0. The highest BCUT2D eigenvalue weighted by Gasteiger charge is 2.56. The number of hydrazine groups is 1. The van der Waals surface area contributed by atoms with E-state index in [0.717, 1.165) is 0 Å². The van der Waals surface area contributed by atoms with E-state index in [9.17, 15) is 9.59 Å². The predicted molar refractivity (Wildman–Crippen MR) is 95.7 cm³/mol. The number of rotatable bonds is 1. The van der Waals surface area contributed by atoms with E-state index < -0.39 is 0 Å². The van der Waals surface area contributed by atoms with Crippen LogP contribution in [0.1, 0.15) is 81.1 Å². The van der Waals surface area contributed by atoms with Crippen LogP contribution in [0.15, 0.2) is 0 Å². The predicted octanol–water partition coefficient (Wildman–Crippen LogP) is 3.77. The Kier molecular flexibility index (Phi) is 5.21. The third-order valence-corrected chi connectivity index (χ3v) is 5.01. The van der Waals surface area contributed by atoms with Gasteiger partial charge in [0.15, 0.2) is 0 Å². The van der Waals surface area contributed by atoms with Crippen molar-refractivity contribution in [2.75, 3.05) is 0 Å². The van der Waals surface area contributed by atoms with Crippen molar-refractivity contribution in [3.05, 3.63) is 0 Å². The standard InChI is InChI=1S/C18H32N2O2.ClH/c1-15(2)9-13(21)10-16(3,4)19(15)20-17(5,6)11-14(22)12-18(20,7)8;/h9-12H2,1-8H3;1H. The van der Waals surface area contributed by atoms with Crippen LogP contribution in [0.4, 0.5) is 0 Å². The fourth-order valence-corrected chi connectivity index (χ4v) is 5.08. The lowest BCUT2D eigenvalue weighted by molar-refractivity contribution is -0.263. The van der Waals surface area contributed by atoms with Gasteiger partial charge in [-0.1, -0.05) is 0 Å². The van der Waals surface area contributed by atoms with Crippen LogP contribution in [0.25, 0.3) is 0 Å². The van der Waals surface area contributed by atoms with Crippen molar-refractivity contribution in [2.45, 2.75) is 103 Å². The third kappa shape index (κ3) is 3.64. The molecule has 0 aromatic carbocycles. The summed E-state index contributed by atoms with van der Waals surface area (Å²) in [5.41, 5.74) is -0.969. The molecule has 0 unspecified atom stereocenters. The van der Waals surface area contributed by atoms with Crippen LogP contribution in [0, 0.1) is 0 Å². The summed E-state index contributed by atoms with van der Waals surface area (Å²) >= 11 is 0. The minimum absolute atomic E-state index is 0. The van der Waals surface area contributed by atoms with Crippen molar-refractivity contribution < 1.29 is 9.59 Å². The normalized spacial score (nSPS) is 29.9. The van der Waals surface area contributed by atoms with Crippen LogP contribution < -0.4 is 0 Å². The molecule has 0 aromatic heterocycles. The molecule has 2 saturated heterocycles. The summed E-state index contributed by atoms with van der Waals surface area (Å²) in [6.45, 7) is 17.2. The Morgan fingerprint density at radius 2 is 0.739 bits per heavy atom. The molecule has 0 aliphatic carbocycles. The number of carbonyl (C=O) groups is 2. The highest BCUT2D eigenvalue weighted by atomic mass is 35.5. The number of piperidine rings is 2. The summed E-state index contributed by atoms with van der Waals surface area (Å²) in [5, 5.41) is 4.82. The molecule has 0 N–H and O–H groups in total. The number of ketones is 2. The summed E-state index contributed by atoms with van der Waals surface area (Å²) in [4.78, 5) is 24.4. The number of hydrogen-bond acceptors (Lipinski definition) is 4. The molecule has 134 valence electrons. The van der Waals surface area contributed by atoms with Gasteiger partial charge in [0.05, 0.1) is 0 Å². The zero-order valence-corrected chi connectivity index (χ0v) is 16.8. The first kappa shape index (κ1) is 20.6. The molecule has 2 fully saturated rings. The van der Waals surface area contributed by atoms with Crippen molar-refractivity contribution in [3.63, 3.8) is 0 Å². The lowest BCUT2D eigenvalue weighted by Gasteiger charge is -2.65. The molecule has 5 heteroatoms. The minimum Gasteiger partial charge on any atom is -0.300 e. The van der Waals surface area contributed by atoms with Gasteiger partial charge in [0, 0.05) is 47.8 Å². The highest BCUT2D eigenvalue weighted by Crippen LogP contribution is 2.47. The van der Waals surface area contributed by atoms with E-state index in [1.807, 2.05) is 0 Å². The van der Waals surface area contributed by atoms with Crippen molar-refractivity contribution >= 4 is 24.0 Å². The maximum atomic E-state index is 12.2. The van der Waals surface area contributed by atoms with Crippen LogP contribution in [-0.2, 0) is 9.59 Å². The van der Waals surface area contributed by atoms with E-state index >= 15 is 0 Å². The Morgan fingerprint density at radius 1 is 0.565 bits per heavy atom. The third-order valence-electron chi connectivity index (χ3n) is 5.01. The van der Waals surface area contributed by atoms with E-state index in [2.05, 4.69) is 65.4 Å². The lowest BCUT2D eigenvalue weighted by atomic mass is 9.76. The first-order valence-electron chi connectivity index (χ1n) is 8.33. The number of halogens is 1. The van der Waals surface area contributed by atoms with Gasteiger partial charge in [0.1, 0.15) is 11.6 Å². The Bertz CT molecular complexity index is 423. The molecular weight excluding hydrogens is 312 g/mol. The molecule has 0 radical (unpaired) electrons. The van der Waals surface area contributed by atoms with Crippen molar-refractivity contribution in [1.82, 2.24) is 10.0 Å². The van der Waals surface area contributed by atoms with Crippen molar-refractivity contribution in [1.29, 1.82) is 0 Å². The summed E-state index contributed by atoms with van der Waals surface area (Å²) in [7, 11) is 0. The quantitative estimate of drug-likeness (QED) is 0.726. The summed E-state index contributed by atoms with van der Waals surface area (Å²) in [5.74, 6) is 0.657. The van der Waals surface area contributed by atoms with E-state index in [1.165, 1.54) is 0 Å². The molecule has 0 atom stereocenters. The van der Waals surface area contributed by atoms with Gasteiger partial charge < -0.3 is 0 Å². The van der Waals surface area contributed by atoms with Gasteiger partial charge in [-0.3, -0.25) is 9.59 Å². The fourth-order valence-electron chi connectivity index (χ4n) is 5.08. The van der Waals surface area contributed by atoms with Gasteiger partial charge in [-0.2, -0.15) is 0 Å². The minimum atomic E-state index is -0.242. The first-order chi connectivity index (χ1) is 9.69. The fraction of sp³-hybridized carbons (Fsp3) is 0.889. The van der Waals surface area contributed by atoms with E-state index in [1.54, 1.807) is 0 Å². The van der Waals surface area contributed by atoms with Gasteiger partial charge in [-0.25, -0.2) is 10.0 Å². The van der Waals surface area contributed by atoms with E-state index in [-0.39, 0.29) is 34.6 Å². The number of carbonyl (C=O) groups excluding carboxylic acids is 2. The summed E-state index contributed by atoms with van der Waals surface area (Å²) in [6.07, 6.45) is 2.25. The van der Waals surface area contributed by atoms with Crippen LogP contribution in [0.5, 0.6) is 0 Å². The second-order valence-corrected chi connectivity index (χ2v) is 9.66. The van der Waals surface area contributed by atoms with Gasteiger partial charge in [-0.05, 0) is 55.4 Å². The molecule has 0 spiro atoms. The van der Waals surface area contributed by atoms with Gasteiger partial charge in [-0.15, -0.1) is 12.4 Å². The molecule has 2 rings (SSSR count). The second kappa shape index (κ2) is 5.82. The van der Waals surface area contributed by atoms with E-state index in [4.69, 9.17) is 0 Å². The SMILES string of the molecule is CC1(C)CC(=O)CC(C)(C)N1N1C(C)(C)CC(=O)CC1(C)C.Cl. The lowest BCUT2D eigenvalue weighted by Crippen LogP contribution is -2.76. The maximum absolute atomic E-state index is 12.2. The topological polar surface area (TPSA) is 40.6 Å². The largest absolute Gasteiger partial charge is 0.300 e. The Morgan fingerprint density at radius 3 is 0.913 bits per heavy atom. The number of Topliss-reactive ketones (excluding diaryl/α,β-unsaturated/α-hetero) is 2. The number of nitrogens with zero attached hydrogens (tertiary/aromatic N) is 2. The molecule has 0 bridgehead atoms. The van der Waals surface area contributed by atoms with Gasteiger partial charge in [0.2, 0.25) is 0 Å². The monoisotopic (exact) mass is 344 g/mol. The van der Waals surface area contributed by atoms with Crippen molar-refractivity contribution in [3.8, 4) is 0 Å². The van der Waals surface area contributed by atoms with Crippen LogP contribution in [0.3, 0.4) is 0 Å². The Labute approximate surface area is 147 Å². The molecular formula is C18H33ClN2O2. The Balaban J connectivity index is 0.00000264. The van der Waals surface area contributed by atoms with E-state index in [0.29, 0.717) is 37.2 Å². The second-order valence-electron chi connectivity index (χ2n) is 9.66. The van der Waals surface area contributed by atoms with Crippen LogP contribution in [-0.4, -0.2) is 43.7 Å². The summed E-state index contributed by atoms with van der Waals surface area (Å²) in [6, 6.07) is 0. The molecule has 23 heavy (non-hydrogen) atoms. The zero-order chi connectivity index (χ0) is 17.1. The van der Waals surface area contributed by atoms with Crippen LogP contribution in [0.2, 0.25) is 0 Å². The maximum Gasteiger partial charge on any atom is 0.136 e. The molecule has 2 aliphatic heterocycles. The molecule has 0 amide bonds. The molecule has 2 heterocycles. The number of hydrogen-bond donors (Lipinski definition) is 0.